The second-order valence-electron chi connectivity index (χ2n) is 7.09. The van der Waals surface area contributed by atoms with Gasteiger partial charge in [-0.3, -0.25) is 9.55 Å². The Morgan fingerprint density at radius 1 is 1.23 bits per heavy atom. The molecule has 0 N–H and O–H groups in total. The molecule has 2 heterocycles. The summed E-state index contributed by atoms with van der Waals surface area (Å²) in [5, 5.41) is 1.12. The average Bonchev–Trinajstić information content (AvgIpc) is 3.50. The van der Waals surface area contributed by atoms with Crippen LogP contribution in [0.4, 0.5) is 24.8 Å². The number of hydrogen-bond acceptors (Lipinski definition) is 5. The molecule has 4 rings (SSSR count). The van der Waals surface area contributed by atoms with E-state index in [0.717, 1.165) is 0 Å². The van der Waals surface area contributed by atoms with E-state index in [2.05, 4.69) is 26.8 Å². The molecule has 0 aliphatic heterocycles. The summed E-state index contributed by atoms with van der Waals surface area (Å²) in [6, 6.07) is 5.05. The van der Waals surface area contributed by atoms with Crippen molar-refractivity contribution in [1.29, 1.82) is 0 Å². The molecule has 1 aliphatic carbocycles. The van der Waals surface area contributed by atoms with Crippen LogP contribution in [0.3, 0.4) is 0 Å². The van der Waals surface area contributed by atoms with E-state index < -0.39 is 17.3 Å². The summed E-state index contributed by atoms with van der Waals surface area (Å²) in [6.07, 6.45) is -1.67. The van der Waals surface area contributed by atoms with Crippen molar-refractivity contribution in [3.05, 3.63) is 51.8 Å². The first kappa shape index (κ1) is 20.2. The Balaban J connectivity index is 1.74. The van der Waals surface area contributed by atoms with Gasteiger partial charge in [0.15, 0.2) is 5.82 Å². The summed E-state index contributed by atoms with van der Waals surface area (Å²) in [6.45, 7) is 0. The van der Waals surface area contributed by atoms with Gasteiger partial charge in [0.1, 0.15) is 16.9 Å². The minimum absolute atomic E-state index is 0.0116. The zero-order valence-corrected chi connectivity index (χ0v) is 16.7. The topological polar surface area (TPSA) is 63.9 Å². The van der Waals surface area contributed by atoms with E-state index in [1.54, 1.807) is 32.3 Å². The molecule has 0 unspecified atom stereocenters. The van der Waals surface area contributed by atoms with Crippen molar-refractivity contribution in [3.8, 4) is 11.8 Å². The molecule has 1 aromatic carbocycles. The van der Waals surface area contributed by atoms with E-state index in [-0.39, 0.29) is 24.4 Å². The van der Waals surface area contributed by atoms with Gasteiger partial charge in [-0.25, -0.2) is 9.78 Å². The molecule has 0 bridgehead atoms. The molecule has 0 atom stereocenters. The number of fused-ring (bicyclic) bond motifs is 1. The van der Waals surface area contributed by atoms with Crippen molar-refractivity contribution in [1.82, 2.24) is 19.5 Å². The second-order valence-corrected chi connectivity index (χ2v) is 7.53. The quantitative estimate of drug-likeness (QED) is 0.575. The zero-order chi connectivity index (χ0) is 21.7. The van der Waals surface area contributed by atoms with Crippen molar-refractivity contribution in [2.45, 2.75) is 19.0 Å². The summed E-state index contributed by atoms with van der Waals surface area (Å²) in [5.74, 6) is 5.40. The van der Waals surface area contributed by atoms with Crippen LogP contribution in [0.2, 0.25) is 5.02 Å². The SMILES string of the molecule is CN(c1cncc(C#CC2(C(F)(F)F)CC2)n1)c1nc(=O)n(C)c2cc(Cl)ccc12. The normalized spacial score (nSPS) is 14.9. The summed E-state index contributed by atoms with van der Waals surface area (Å²) < 4.78 is 40.6. The van der Waals surface area contributed by atoms with Crippen LogP contribution in [0.5, 0.6) is 0 Å². The minimum Gasteiger partial charge on any atom is -0.312 e. The van der Waals surface area contributed by atoms with Crippen LogP contribution >= 0.6 is 11.6 Å². The number of anilines is 2. The Morgan fingerprint density at radius 2 is 1.97 bits per heavy atom. The zero-order valence-electron chi connectivity index (χ0n) is 16.0. The lowest BCUT2D eigenvalue weighted by molar-refractivity contribution is -0.168. The lowest BCUT2D eigenvalue weighted by Gasteiger charge is -2.19. The molecule has 6 nitrogen and oxygen atoms in total. The van der Waals surface area contributed by atoms with Gasteiger partial charge < -0.3 is 4.90 Å². The van der Waals surface area contributed by atoms with Gasteiger partial charge in [-0.05, 0) is 37.0 Å². The Bertz CT molecular complexity index is 1270. The number of nitrogens with zero attached hydrogens (tertiary/aromatic N) is 5. The summed E-state index contributed by atoms with van der Waals surface area (Å²) in [5.41, 5.74) is -1.75. The van der Waals surface area contributed by atoms with Crippen molar-refractivity contribution in [2.75, 3.05) is 11.9 Å². The minimum atomic E-state index is -4.37. The highest BCUT2D eigenvalue weighted by Crippen LogP contribution is 2.57. The monoisotopic (exact) mass is 433 g/mol. The molecule has 3 aromatic rings. The first-order valence-corrected chi connectivity index (χ1v) is 9.31. The van der Waals surface area contributed by atoms with Crippen LogP contribution in [0.1, 0.15) is 18.5 Å². The highest BCUT2D eigenvalue weighted by Gasteiger charge is 2.62. The van der Waals surface area contributed by atoms with Gasteiger partial charge >= 0.3 is 11.9 Å². The van der Waals surface area contributed by atoms with Crippen molar-refractivity contribution < 1.29 is 13.2 Å². The molecule has 1 saturated carbocycles. The lowest BCUT2D eigenvalue weighted by atomic mass is 10.1. The molecular formula is C20H15ClF3N5O. The first-order chi connectivity index (χ1) is 14.1. The summed E-state index contributed by atoms with van der Waals surface area (Å²) in [4.78, 5) is 26.2. The van der Waals surface area contributed by atoms with E-state index in [1.165, 1.54) is 21.9 Å². The van der Waals surface area contributed by atoms with Crippen LogP contribution in [0.15, 0.2) is 35.4 Å². The first-order valence-electron chi connectivity index (χ1n) is 8.93. The van der Waals surface area contributed by atoms with Crippen LogP contribution in [0, 0.1) is 17.3 Å². The molecular weight excluding hydrogens is 419 g/mol. The molecule has 30 heavy (non-hydrogen) atoms. The van der Waals surface area contributed by atoms with Gasteiger partial charge in [-0.15, -0.1) is 0 Å². The highest BCUT2D eigenvalue weighted by atomic mass is 35.5. The highest BCUT2D eigenvalue weighted by molar-refractivity contribution is 6.31. The van der Waals surface area contributed by atoms with Gasteiger partial charge in [-0.2, -0.15) is 18.2 Å². The van der Waals surface area contributed by atoms with Crippen LogP contribution in [0.25, 0.3) is 10.9 Å². The van der Waals surface area contributed by atoms with Gasteiger partial charge in [0, 0.05) is 24.5 Å². The fourth-order valence-corrected chi connectivity index (χ4v) is 3.20. The smallest absolute Gasteiger partial charge is 0.312 e. The Morgan fingerprint density at radius 3 is 2.63 bits per heavy atom. The van der Waals surface area contributed by atoms with E-state index in [1.807, 2.05) is 0 Å². The van der Waals surface area contributed by atoms with E-state index >= 15 is 0 Å². The molecule has 0 saturated heterocycles. The Labute approximate surface area is 174 Å². The van der Waals surface area contributed by atoms with Crippen LogP contribution < -0.4 is 10.6 Å². The van der Waals surface area contributed by atoms with Crippen molar-refractivity contribution in [2.24, 2.45) is 12.5 Å². The molecule has 10 heteroatoms. The third-order valence-corrected chi connectivity index (χ3v) is 5.29. The van der Waals surface area contributed by atoms with Crippen molar-refractivity contribution >= 4 is 34.1 Å². The Kier molecular flexibility index (Phi) is 4.70. The van der Waals surface area contributed by atoms with Crippen LogP contribution in [-0.4, -0.2) is 32.7 Å². The number of hydrogen-bond donors (Lipinski definition) is 0. The van der Waals surface area contributed by atoms with Crippen LogP contribution in [-0.2, 0) is 7.05 Å². The standard InChI is InChI=1S/C20H15ClF3N5O/c1-28-15-9-12(21)3-4-14(15)17(27-18(28)30)29(2)16-11-25-10-13(26-16)5-6-19(7-8-19)20(22,23)24/h3-4,9-11H,7-8H2,1-2H3. The molecule has 0 radical (unpaired) electrons. The molecule has 2 aromatic heterocycles. The van der Waals surface area contributed by atoms with E-state index in [4.69, 9.17) is 11.6 Å². The molecule has 0 amide bonds. The maximum atomic E-state index is 13.1. The van der Waals surface area contributed by atoms with E-state index in [9.17, 15) is 18.0 Å². The third kappa shape index (κ3) is 3.48. The average molecular weight is 434 g/mol. The molecule has 1 aliphatic rings. The van der Waals surface area contributed by atoms with Gasteiger partial charge in [-0.1, -0.05) is 17.5 Å². The van der Waals surface area contributed by atoms with Gasteiger partial charge in [0.2, 0.25) is 0 Å². The number of halogens is 4. The Hall–Kier alpha value is -3.12. The maximum absolute atomic E-state index is 13.1. The number of aromatic nitrogens is 4. The largest absolute Gasteiger partial charge is 0.405 e. The van der Waals surface area contributed by atoms with Crippen molar-refractivity contribution in [3.63, 3.8) is 0 Å². The fourth-order valence-electron chi connectivity index (χ4n) is 3.03. The van der Waals surface area contributed by atoms with Gasteiger partial charge in [0.25, 0.3) is 0 Å². The fraction of sp³-hybridized carbons (Fsp3) is 0.300. The lowest BCUT2D eigenvalue weighted by Crippen LogP contribution is -2.25. The number of aryl methyl sites for hydroxylation is 1. The molecule has 154 valence electrons. The summed E-state index contributed by atoms with van der Waals surface area (Å²) >= 11 is 6.05. The number of benzene rings is 1. The predicted octanol–water partition coefficient (Wildman–Crippen LogP) is 3.84. The second kappa shape index (κ2) is 6.99. The maximum Gasteiger partial charge on any atom is 0.405 e. The molecule has 0 spiro atoms. The van der Waals surface area contributed by atoms with E-state index in [0.29, 0.717) is 21.7 Å². The third-order valence-electron chi connectivity index (χ3n) is 5.06. The number of rotatable bonds is 2. The van der Waals surface area contributed by atoms with Gasteiger partial charge in [0.05, 0.1) is 17.9 Å². The molecule has 1 fully saturated rings. The number of alkyl halides is 3. The summed E-state index contributed by atoms with van der Waals surface area (Å²) in [7, 11) is 3.22. The predicted molar refractivity (Wildman–Crippen MR) is 107 cm³/mol.